The number of halogens is 1. The predicted molar refractivity (Wildman–Crippen MR) is 166 cm³/mol. The van der Waals surface area contributed by atoms with Crippen LogP contribution in [0.4, 0.5) is 4.39 Å². The van der Waals surface area contributed by atoms with Crippen LogP contribution < -0.4 is 4.74 Å². The van der Waals surface area contributed by atoms with E-state index in [0.29, 0.717) is 48.1 Å². The summed E-state index contributed by atoms with van der Waals surface area (Å²) in [5.74, 6) is 0.661. The molecule has 0 amide bonds. The van der Waals surface area contributed by atoms with Crippen LogP contribution in [0.1, 0.15) is 37.8 Å². The number of carbonyl (C=O) groups excluding carboxylic acids is 2. The van der Waals surface area contributed by atoms with E-state index in [1.165, 1.54) is 36.0 Å². The number of hydrogen-bond donors (Lipinski definition) is 1. The molecule has 1 atom stereocenters. The summed E-state index contributed by atoms with van der Waals surface area (Å²) in [5, 5.41) is 10.5. The number of aldehydes is 1. The first-order valence-corrected chi connectivity index (χ1v) is 15.4. The monoisotopic (exact) mass is 591 g/mol. The van der Waals surface area contributed by atoms with E-state index >= 15 is 0 Å². The first kappa shape index (κ1) is 31.5. The van der Waals surface area contributed by atoms with Crippen LogP contribution in [0.3, 0.4) is 0 Å². The van der Waals surface area contributed by atoms with Gasteiger partial charge in [0.2, 0.25) is 5.78 Å². The van der Waals surface area contributed by atoms with Crippen LogP contribution in [0.25, 0.3) is 16.9 Å². The van der Waals surface area contributed by atoms with Gasteiger partial charge in [-0.3, -0.25) is 9.59 Å². The van der Waals surface area contributed by atoms with Crippen molar-refractivity contribution in [2.24, 2.45) is 0 Å². The van der Waals surface area contributed by atoms with E-state index < -0.39 is 17.5 Å². The summed E-state index contributed by atoms with van der Waals surface area (Å²) in [6, 6.07) is 21.8. The molecule has 1 saturated heterocycles. The van der Waals surface area contributed by atoms with Crippen molar-refractivity contribution in [2.45, 2.75) is 45.3 Å². The van der Waals surface area contributed by atoms with Gasteiger partial charge < -0.3 is 19.5 Å². The smallest absolute Gasteiger partial charge is 0.235 e. The molecule has 6 nitrogen and oxygen atoms in total. The highest BCUT2D eigenvalue weighted by molar-refractivity contribution is 8.04. The minimum Gasteiger partial charge on any atom is -0.491 e. The van der Waals surface area contributed by atoms with E-state index in [1.54, 1.807) is 0 Å². The third-order valence-corrected chi connectivity index (χ3v) is 8.76. The molecule has 2 aliphatic rings. The summed E-state index contributed by atoms with van der Waals surface area (Å²) in [4.78, 5) is 26.7. The van der Waals surface area contributed by atoms with Crippen molar-refractivity contribution in [3.05, 3.63) is 94.6 Å². The van der Waals surface area contributed by atoms with Crippen molar-refractivity contribution < 1.29 is 28.6 Å². The number of aliphatic hydroxyl groups excluding tert-OH is 1. The molecule has 3 aromatic carbocycles. The van der Waals surface area contributed by atoms with Crippen molar-refractivity contribution in [1.29, 1.82) is 0 Å². The highest BCUT2D eigenvalue weighted by Gasteiger charge is 2.42. The maximum absolute atomic E-state index is 13.1. The number of nitrogens with zero attached hydrogens (tertiary/aromatic N) is 1. The molecule has 3 aromatic rings. The fourth-order valence-corrected chi connectivity index (χ4v) is 6.34. The molecule has 0 radical (unpaired) electrons. The third kappa shape index (κ3) is 7.68. The number of ether oxygens (including phenoxy) is 2. The number of carbonyl (C=O) groups is 2. The first-order valence-electron chi connectivity index (χ1n) is 14.4. The number of ketones is 1. The predicted octanol–water partition coefficient (Wildman–Crippen LogP) is 6.30. The van der Waals surface area contributed by atoms with Crippen molar-refractivity contribution in [1.82, 2.24) is 4.90 Å². The molecule has 5 rings (SSSR count). The Morgan fingerprint density at radius 1 is 1.07 bits per heavy atom. The Labute approximate surface area is 251 Å². The third-order valence-electron chi connectivity index (χ3n) is 7.42. The van der Waals surface area contributed by atoms with Crippen LogP contribution in [0.15, 0.2) is 77.7 Å². The zero-order chi connectivity index (χ0) is 30.1. The molecule has 1 N–H and O–H groups in total. The fourth-order valence-electron chi connectivity index (χ4n) is 5.12. The minimum absolute atomic E-state index is 0.112. The number of hydrogen-bond acceptors (Lipinski definition) is 7. The van der Waals surface area contributed by atoms with E-state index in [4.69, 9.17) is 9.47 Å². The van der Waals surface area contributed by atoms with Gasteiger partial charge in [-0.05, 0) is 53.9 Å². The van der Waals surface area contributed by atoms with Gasteiger partial charge in [-0.15, -0.1) is 11.8 Å². The minimum atomic E-state index is -0.698. The van der Waals surface area contributed by atoms with Crippen LogP contribution in [-0.4, -0.2) is 65.8 Å². The average molecular weight is 592 g/mol. The molecule has 1 spiro atoms. The lowest BCUT2D eigenvalue weighted by molar-refractivity contribution is -0.127. The second-order valence-corrected chi connectivity index (χ2v) is 11.3. The maximum Gasteiger partial charge on any atom is 0.235 e. The van der Waals surface area contributed by atoms with Gasteiger partial charge in [0.25, 0.3) is 0 Å². The summed E-state index contributed by atoms with van der Waals surface area (Å²) >= 11 is 1.40. The number of β-amino-alcohol motifs (C(OH)–C–C–N with tert-alkyl or cyclic N) is 1. The molecule has 1 fully saturated rings. The Bertz CT molecular complexity index is 1380. The number of allylic oxidation sites excluding steroid dienone is 1. The lowest BCUT2D eigenvalue weighted by atomic mass is 9.91. The van der Waals surface area contributed by atoms with Gasteiger partial charge in [-0.25, -0.2) is 4.39 Å². The van der Waals surface area contributed by atoms with Gasteiger partial charge >= 0.3 is 0 Å². The molecule has 8 heteroatoms. The molecule has 1 unspecified atom stereocenters. The quantitative estimate of drug-likeness (QED) is 0.231. The molecule has 0 bridgehead atoms. The highest BCUT2D eigenvalue weighted by atomic mass is 32.2. The fraction of sp³-hybridized carbons (Fsp3) is 0.353. The summed E-state index contributed by atoms with van der Waals surface area (Å²) in [7, 11) is 0. The van der Waals surface area contributed by atoms with E-state index in [-0.39, 0.29) is 12.4 Å². The van der Waals surface area contributed by atoms with Gasteiger partial charge in [0, 0.05) is 43.8 Å². The van der Waals surface area contributed by atoms with Crippen LogP contribution >= 0.6 is 11.8 Å². The standard InChI is InChI=1S/C32H32FNO5S.C2H6/c1-22-7-8-24(23-5-3-2-4-6-23)17-28(22)30-31(29(37)19-35)40-21-32(39-30)13-15-34(16-14-32)18-26(36)20-38-27-11-9-25(33)10-12-27;1-2/h2-12,17,19,26,36H,13-16,18,20-21H2,1H3;1-2H3. The zero-order valence-corrected chi connectivity index (χ0v) is 25.2. The Hall–Kier alpha value is -3.46. The van der Waals surface area contributed by atoms with Crippen LogP contribution in [0.5, 0.6) is 5.75 Å². The Morgan fingerprint density at radius 3 is 2.43 bits per heavy atom. The molecular weight excluding hydrogens is 553 g/mol. The normalized spacial score (nSPS) is 17.1. The van der Waals surface area contributed by atoms with E-state index in [0.717, 1.165) is 35.1 Å². The van der Waals surface area contributed by atoms with Gasteiger partial charge in [0.1, 0.15) is 40.5 Å². The van der Waals surface area contributed by atoms with Gasteiger partial charge in [0.15, 0.2) is 6.29 Å². The number of aliphatic hydroxyl groups is 1. The molecule has 0 saturated carbocycles. The number of rotatable bonds is 9. The summed E-state index contributed by atoms with van der Waals surface area (Å²) in [6.45, 7) is 7.96. The van der Waals surface area contributed by atoms with Crippen LogP contribution in [-0.2, 0) is 14.3 Å². The van der Waals surface area contributed by atoms with E-state index in [1.807, 2.05) is 69.3 Å². The van der Waals surface area contributed by atoms with Crippen molar-refractivity contribution in [3.8, 4) is 16.9 Å². The second kappa shape index (κ2) is 14.6. The molecule has 222 valence electrons. The zero-order valence-electron chi connectivity index (χ0n) is 24.3. The summed E-state index contributed by atoms with van der Waals surface area (Å²) in [6.07, 6.45) is 1.10. The Morgan fingerprint density at radius 2 is 1.76 bits per heavy atom. The van der Waals surface area contributed by atoms with Crippen LogP contribution in [0.2, 0.25) is 0 Å². The van der Waals surface area contributed by atoms with E-state index in [9.17, 15) is 19.1 Å². The largest absolute Gasteiger partial charge is 0.491 e. The number of benzene rings is 3. The van der Waals surface area contributed by atoms with Gasteiger partial charge in [-0.2, -0.15) is 0 Å². The number of Topliss-reactive ketones (excluding diaryl/α,β-unsaturated/α-hetero) is 1. The molecular formula is C34H38FNO5S. The second-order valence-electron chi connectivity index (χ2n) is 10.3. The maximum atomic E-state index is 13.1. The Kier molecular flexibility index (Phi) is 11.0. The van der Waals surface area contributed by atoms with E-state index in [2.05, 4.69) is 4.90 Å². The van der Waals surface area contributed by atoms with Crippen molar-refractivity contribution in [3.63, 3.8) is 0 Å². The number of piperidine rings is 1. The molecule has 42 heavy (non-hydrogen) atoms. The average Bonchev–Trinajstić information content (AvgIpc) is 3.03. The lowest BCUT2D eigenvalue weighted by Crippen LogP contribution is -2.50. The number of thioether (sulfide) groups is 1. The number of aryl methyl sites for hydroxylation is 1. The topological polar surface area (TPSA) is 76.1 Å². The van der Waals surface area contributed by atoms with Crippen LogP contribution in [0, 0.1) is 12.7 Å². The molecule has 2 heterocycles. The molecule has 0 aliphatic carbocycles. The SMILES string of the molecule is CC.Cc1ccc(-c2ccccc2)cc1C1=C(C(=O)C=O)SCC2(CCN(CC(O)COc3ccc(F)cc3)CC2)O1. The molecule has 2 aliphatic heterocycles. The highest BCUT2D eigenvalue weighted by Crippen LogP contribution is 2.45. The molecule has 0 aromatic heterocycles. The summed E-state index contributed by atoms with van der Waals surface area (Å²) in [5.41, 5.74) is 3.36. The Balaban J connectivity index is 0.00000198. The lowest BCUT2D eigenvalue weighted by Gasteiger charge is -2.45. The van der Waals surface area contributed by atoms with Crippen molar-refractivity contribution in [2.75, 3.05) is 32.0 Å². The van der Waals surface area contributed by atoms with Crippen molar-refractivity contribution >= 4 is 29.6 Å². The van der Waals surface area contributed by atoms with Gasteiger partial charge in [-0.1, -0.05) is 56.3 Å². The van der Waals surface area contributed by atoms with Gasteiger partial charge in [0.05, 0.1) is 0 Å². The number of likely N-dealkylation sites (tertiary alicyclic amines) is 1. The first-order chi connectivity index (χ1) is 20.4. The summed E-state index contributed by atoms with van der Waals surface area (Å²) < 4.78 is 25.4.